The van der Waals surface area contributed by atoms with Gasteiger partial charge in [0.15, 0.2) is 0 Å². The van der Waals surface area contributed by atoms with E-state index in [0.717, 1.165) is 6.54 Å². The first-order valence-electron chi connectivity index (χ1n) is 7.08. The van der Waals surface area contributed by atoms with Crippen LogP contribution in [0, 0.1) is 0 Å². The van der Waals surface area contributed by atoms with Gasteiger partial charge in [-0.25, -0.2) is 0 Å². The molecular weight excluding hydrogens is 196 g/mol. The normalized spacial score (nSPS) is 28.7. The third kappa shape index (κ3) is 2.43. The first-order valence-corrected chi connectivity index (χ1v) is 7.08. The van der Waals surface area contributed by atoms with Gasteiger partial charge in [0, 0.05) is 24.2 Å². The monoisotopic (exact) mass is 224 g/mol. The maximum atomic E-state index is 3.85. The fourth-order valence-electron chi connectivity index (χ4n) is 3.27. The van der Waals surface area contributed by atoms with Crippen molar-refractivity contribution >= 4 is 0 Å². The van der Waals surface area contributed by atoms with Crippen molar-refractivity contribution in [1.82, 2.24) is 10.2 Å². The number of rotatable bonds is 3. The molecular formula is C14H28N2. The highest BCUT2D eigenvalue weighted by molar-refractivity contribution is 5.03. The van der Waals surface area contributed by atoms with Gasteiger partial charge < -0.3 is 5.32 Å². The van der Waals surface area contributed by atoms with Crippen molar-refractivity contribution < 1.29 is 0 Å². The highest BCUT2D eigenvalue weighted by Crippen LogP contribution is 2.35. The third-order valence-electron chi connectivity index (χ3n) is 4.59. The molecule has 94 valence electrons. The van der Waals surface area contributed by atoms with Crippen molar-refractivity contribution in [3.8, 4) is 0 Å². The minimum absolute atomic E-state index is 0.350. The molecule has 0 unspecified atom stereocenters. The molecule has 1 saturated heterocycles. The van der Waals surface area contributed by atoms with Gasteiger partial charge in [0.25, 0.3) is 0 Å². The number of hydrogen-bond acceptors (Lipinski definition) is 2. The molecule has 2 fully saturated rings. The van der Waals surface area contributed by atoms with E-state index in [1.165, 1.54) is 51.6 Å². The molecule has 0 aromatic carbocycles. The van der Waals surface area contributed by atoms with E-state index in [2.05, 4.69) is 31.0 Å². The predicted molar refractivity (Wildman–Crippen MR) is 69.8 cm³/mol. The molecule has 0 radical (unpaired) electrons. The number of nitrogens with zero attached hydrogens (tertiary/aromatic N) is 1. The van der Waals surface area contributed by atoms with Crippen molar-refractivity contribution in [3.63, 3.8) is 0 Å². The second kappa shape index (κ2) is 4.66. The second-order valence-corrected chi connectivity index (χ2v) is 6.43. The zero-order valence-corrected chi connectivity index (χ0v) is 11.3. The number of nitrogens with one attached hydrogen (secondary N) is 1. The van der Waals surface area contributed by atoms with Crippen LogP contribution in [0.4, 0.5) is 0 Å². The number of piperazine rings is 1. The summed E-state index contributed by atoms with van der Waals surface area (Å²) >= 11 is 0. The van der Waals surface area contributed by atoms with Crippen molar-refractivity contribution in [2.45, 2.75) is 70.4 Å². The van der Waals surface area contributed by atoms with Gasteiger partial charge in [0.1, 0.15) is 0 Å². The first-order chi connectivity index (χ1) is 7.58. The fourth-order valence-corrected chi connectivity index (χ4v) is 3.27. The van der Waals surface area contributed by atoms with Gasteiger partial charge >= 0.3 is 0 Å². The minimum atomic E-state index is 0.350. The molecule has 0 aromatic rings. The van der Waals surface area contributed by atoms with Gasteiger partial charge in [-0.2, -0.15) is 0 Å². The minimum Gasteiger partial charge on any atom is -0.308 e. The summed E-state index contributed by atoms with van der Waals surface area (Å²) in [5.74, 6) is 0. The van der Waals surface area contributed by atoms with Crippen LogP contribution in [0.2, 0.25) is 0 Å². The smallest absolute Gasteiger partial charge is 0.0309 e. The van der Waals surface area contributed by atoms with Crippen LogP contribution < -0.4 is 5.32 Å². The largest absolute Gasteiger partial charge is 0.308 e. The Morgan fingerprint density at radius 3 is 2.50 bits per heavy atom. The lowest BCUT2D eigenvalue weighted by molar-refractivity contribution is 0.0274. The van der Waals surface area contributed by atoms with E-state index in [0.29, 0.717) is 11.1 Å². The summed E-state index contributed by atoms with van der Waals surface area (Å²) < 4.78 is 0. The predicted octanol–water partition coefficient (Wildman–Crippen LogP) is 2.78. The van der Waals surface area contributed by atoms with Gasteiger partial charge in [-0.05, 0) is 39.7 Å². The van der Waals surface area contributed by atoms with Gasteiger partial charge in [-0.15, -0.1) is 0 Å². The Labute approximate surface area is 101 Å². The van der Waals surface area contributed by atoms with Crippen LogP contribution >= 0.6 is 0 Å². The zero-order chi connectivity index (χ0) is 11.6. The van der Waals surface area contributed by atoms with Crippen LogP contribution in [0.15, 0.2) is 0 Å². The lowest BCUT2D eigenvalue weighted by Crippen LogP contribution is -2.67. The summed E-state index contributed by atoms with van der Waals surface area (Å²) in [7, 11) is 0. The molecule has 2 rings (SSSR count). The summed E-state index contributed by atoms with van der Waals surface area (Å²) in [5.41, 5.74) is 0.826. The zero-order valence-electron chi connectivity index (χ0n) is 11.3. The van der Waals surface area contributed by atoms with E-state index in [1.807, 2.05) is 0 Å². The summed E-state index contributed by atoms with van der Waals surface area (Å²) in [6.45, 7) is 10.8. The Hall–Kier alpha value is -0.0800. The Morgan fingerprint density at radius 1 is 1.19 bits per heavy atom. The van der Waals surface area contributed by atoms with Crippen molar-refractivity contribution in [2.75, 3.05) is 19.6 Å². The molecule has 1 heterocycles. The van der Waals surface area contributed by atoms with Crippen LogP contribution in [0.3, 0.4) is 0 Å². The molecule has 2 heteroatoms. The van der Waals surface area contributed by atoms with Gasteiger partial charge in [0.05, 0.1) is 0 Å². The van der Waals surface area contributed by atoms with Crippen molar-refractivity contribution in [3.05, 3.63) is 0 Å². The Morgan fingerprint density at radius 2 is 1.88 bits per heavy atom. The summed E-state index contributed by atoms with van der Waals surface area (Å²) in [5, 5.41) is 3.85. The van der Waals surface area contributed by atoms with Crippen LogP contribution in [0.5, 0.6) is 0 Å². The van der Waals surface area contributed by atoms with E-state index in [9.17, 15) is 0 Å². The van der Waals surface area contributed by atoms with Crippen LogP contribution in [-0.4, -0.2) is 35.6 Å². The maximum Gasteiger partial charge on any atom is 0.0309 e. The van der Waals surface area contributed by atoms with Crippen molar-refractivity contribution in [1.29, 1.82) is 0 Å². The quantitative estimate of drug-likeness (QED) is 0.793. The van der Waals surface area contributed by atoms with E-state index in [4.69, 9.17) is 0 Å². The molecule has 2 nitrogen and oxygen atoms in total. The second-order valence-electron chi connectivity index (χ2n) is 6.43. The highest BCUT2D eigenvalue weighted by Gasteiger charge is 2.43. The first kappa shape index (κ1) is 12.4. The van der Waals surface area contributed by atoms with E-state index in [1.54, 1.807) is 0 Å². The molecule has 0 amide bonds. The maximum absolute atomic E-state index is 3.85. The fraction of sp³-hybridized carbons (Fsp3) is 1.00. The molecule has 1 N–H and O–H groups in total. The van der Waals surface area contributed by atoms with E-state index < -0.39 is 0 Å². The molecule has 1 saturated carbocycles. The lowest BCUT2D eigenvalue weighted by atomic mass is 9.87. The Kier molecular flexibility index (Phi) is 3.60. The number of unbranched alkanes of at least 4 members (excludes halogenated alkanes) is 1. The van der Waals surface area contributed by atoms with Gasteiger partial charge in [-0.1, -0.05) is 26.2 Å². The van der Waals surface area contributed by atoms with Crippen LogP contribution in [0.25, 0.3) is 0 Å². The van der Waals surface area contributed by atoms with Crippen molar-refractivity contribution in [2.24, 2.45) is 0 Å². The lowest BCUT2D eigenvalue weighted by Gasteiger charge is -2.51. The molecule has 0 aromatic heterocycles. The number of hydrogen-bond donors (Lipinski definition) is 1. The van der Waals surface area contributed by atoms with Gasteiger partial charge in [0.2, 0.25) is 0 Å². The summed E-state index contributed by atoms with van der Waals surface area (Å²) in [6.07, 6.45) is 8.30. The topological polar surface area (TPSA) is 15.3 Å². The van der Waals surface area contributed by atoms with Gasteiger partial charge in [-0.3, -0.25) is 4.90 Å². The average Bonchev–Trinajstić information content (AvgIpc) is 2.69. The molecule has 2 aliphatic rings. The SMILES string of the molecule is CCCCN1CC2(CCCC2)NCC1(C)C. The third-order valence-corrected chi connectivity index (χ3v) is 4.59. The molecule has 0 atom stereocenters. The summed E-state index contributed by atoms with van der Waals surface area (Å²) in [6, 6.07) is 0. The Balaban J connectivity index is 2.00. The van der Waals surface area contributed by atoms with Crippen LogP contribution in [-0.2, 0) is 0 Å². The highest BCUT2D eigenvalue weighted by atomic mass is 15.3. The molecule has 1 aliphatic heterocycles. The standard InChI is InChI=1S/C14H28N2/c1-4-5-10-16-12-14(8-6-7-9-14)15-11-13(16,2)3/h15H,4-12H2,1-3H3. The van der Waals surface area contributed by atoms with Crippen LogP contribution in [0.1, 0.15) is 59.3 Å². The molecule has 16 heavy (non-hydrogen) atoms. The Bertz CT molecular complexity index is 229. The average molecular weight is 224 g/mol. The molecule has 1 spiro atoms. The molecule has 0 bridgehead atoms. The molecule has 1 aliphatic carbocycles. The van der Waals surface area contributed by atoms with E-state index >= 15 is 0 Å². The van der Waals surface area contributed by atoms with E-state index in [-0.39, 0.29) is 0 Å². The summed E-state index contributed by atoms with van der Waals surface area (Å²) in [4.78, 5) is 2.73.